The normalized spacial score (nSPS) is 10.2. The Morgan fingerprint density at radius 2 is 1.86 bits per heavy atom. The molecular formula is C15H12F2O4. The van der Waals surface area contributed by atoms with Gasteiger partial charge in [-0.1, -0.05) is 6.07 Å². The first-order valence-corrected chi connectivity index (χ1v) is 5.99. The van der Waals surface area contributed by atoms with E-state index in [9.17, 15) is 13.6 Å². The van der Waals surface area contributed by atoms with Crippen LogP contribution in [0.5, 0.6) is 11.5 Å². The van der Waals surface area contributed by atoms with Gasteiger partial charge in [-0.25, -0.2) is 13.6 Å². The Balaban J connectivity index is 2.19. The second-order valence-corrected chi connectivity index (χ2v) is 4.21. The van der Waals surface area contributed by atoms with Crippen LogP contribution in [0.3, 0.4) is 0 Å². The van der Waals surface area contributed by atoms with E-state index >= 15 is 0 Å². The molecule has 0 heterocycles. The lowest BCUT2D eigenvalue weighted by Crippen LogP contribution is -2.02. The van der Waals surface area contributed by atoms with Crippen molar-refractivity contribution in [3.05, 3.63) is 59.2 Å². The molecule has 4 nitrogen and oxygen atoms in total. The Morgan fingerprint density at radius 3 is 2.48 bits per heavy atom. The van der Waals surface area contributed by atoms with Crippen LogP contribution in [0.1, 0.15) is 15.9 Å². The number of hydrogen-bond acceptors (Lipinski definition) is 3. The molecule has 0 aliphatic heterocycles. The van der Waals surface area contributed by atoms with Gasteiger partial charge in [-0.15, -0.1) is 0 Å². The topological polar surface area (TPSA) is 55.8 Å². The van der Waals surface area contributed by atoms with Gasteiger partial charge in [0.1, 0.15) is 6.61 Å². The van der Waals surface area contributed by atoms with Crippen molar-refractivity contribution in [3.8, 4) is 11.5 Å². The third-order valence-corrected chi connectivity index (χ3v) is 2.79. The minimum absolute atomic E-state index is 0.0380. The van der Waals surface area contributed by atoms with Crippen molar-refractivity contribution in [1.82, 2.24) is 0 Å². The Hall–Kier alpha value is -2.63. The zero-order valence-electron chi connectivity index (χ0n) is 11.1. The second-order valence-electron chi connectivity index (χ2n) is 4.21. The van der Waals surface area contributed by atoms with Gasteiger partial charge in [0.25, 0.3) is 0 Å². The summed E-state index contributed by atoms with van der Waals surface area (Å²) in [7, 11) is 1.42. The van der Waals surface area contributed by atoms with Crippen LogP contribution in [0.4, 0.5) is 8.78 Å². The molecule has 0 atom stereocenters. The summed E-state index contributed by atoms with van der Waals surface area (Å²) < 4.78 is 36.4. The zero-order valence-corrected chi connectivity index (χ0v) is 11.1. The molecule has 0 fully saturated rings. The highest BCUT2D eigenvalue weighted by molar-refractivity contribution is 5.88. The molecule has 0 saturated heterocycles. The average molecular weight is 294 g/mol. The predicted molar refractivity (Wildman–Crippen MR) is 70.6 cm³/mol. The summed E-state index contributed by atoms with van der Waals surface area (Å²) in [5, 5.41) is 8.94. The minimum Gasteiger partial charge on any atom is -0.493 e. The molecule has 0 aliphatic rings. The summed E-state index contributed by atoms with van der Waals surface area (Å²) in [6.07, 6.45) is 0. The number of aromatic carboxylic acids is 1. The average Bonchev–Trinajstić information content (AvgIpc) is 2.48. The quantitative estimate of drug-likeness (QED) is 0.919. The second kappa shape index (κ2) is 6.21. The Labute approximate surface area is 119 Å². The van der Waals surface area contributed by atoms with Gasteiger partial charge in [-0.05, 0) is 35.9 Å². The number of halogens is 2. The molecule has 2 rings (SSSR count). The van der Waals surface area contributed by atoms with E-state index in [4.69, 9.17) is 14.6 Å². The maximum absolute atomic E-state index is 13.1. The fourth-order valence-electron chi connectivity index (χ4n) is 1.71. The number of carbonyl (C=O) groups is 1. The van der Waals surface area contributed by atoms with E-state index < -0.39 is 17.6 Å². The summed E-state index contributed by atoms with van der Waals surface area (Å²) >= 11 is 0. The molecule has 0 amide bonds. The zero-order chi connectivity index (χ0) is 15.4. The molecule has 2 aromatic carbocycles. The SMILES string of the molecule is COc1ccc(C(=O)O)cc1OCc1ccc(F)c(F)c1. The first-order chi connectivity index (χ1) is 10.0. The van der Waals surface area contributed by atoms with Crippen molar-refractivity contribution in [2.45, 2.75) is 6.61 Å². The molecule has 6 heteroatoms. The van der Waals surface area contributed by atoms with Gasteiger partial charge in [0.15, 0.2) is 23.1 Å². The van der Waals surface area contributed by atoms with E-state index in [2.05, 4.69) is 0 Å². The molecular weight excluding hydrogens is 282 g/mol. The lowest BCUT2D eigenvalue weighted by Gasteiger charge is -2.11. The predicted octanol–water partition coefficient (Wildman–Crippen LogP) is 3.25. The van der Waals surface area contributed by atoms with E-state index in [1.165, 1.54) is 31.4 Å². The van der Waals surface area contributed by atoms with Gasteiger partial charge < -0.3 is 14.6 Å². The number of benzene rings is 2. The highest BCUT2D eigenvalue weighted by Crippen LogP contribution is 2.29. The van der Waals surface area contributed by atoms with Crippen LogP contribution >= 0.6 is 0 Å². The van der Waals surface area contributed by atoms with Crippen LogP contribution in [0, 0.1) is 11.6 Å². The maximum atomic E-state index is 13.1. The first kappa shape index (κ1) is 14.8. The summed E-state index contributed by atoms with van der Waals surface area (Å²) in [6, 6.07) is 7.55. The van der Waals surface area contributed by atoms with Crippen LogP contribution < -0.4 is 9.47 Å². The minimum atomic E-state index is -1.10. The molecule has 0 radical (unpaired) electrons. The van der Waals surface area contributed by atoms with E-state index in [0.717, 1.165) is 12.1 Å². The Kier molecular flexibility index (Phi) is 4.37. The van der Waals surface area contributed by atoms with Crippen LogP contribution in [-0.2, 0) is 6.61 Å². The molecule has 1 N–H and O–H groups in total. The molecule has 0 bridgehead atoms. The van der Waals surface area contributed by atoms with Crippen molar-refractivity contribution in [2.24, 2.45) is 0 Å². The third kappa shape index (κ3) is 3.47. The van der Waals surface area contributed by atoms with Crippen LogP contribution in [0.2, 0.25) is 0 Å². The number of carboxylic acid groups (broad SMARTS) is 1. The fraction of sp³-hybridized carbons (Fsp3) is 0.133. The van der Waals surface area contributed by atoms with Crippen LogP contribution in [0.15, 0.2) is 36.4 Å². The van der Waals surface area contributed by atoms with E-state index in [0.29, 0.717) is 11.3 Å². The van der Waals surface area contributed by atoms with Crippen molar-refractivity contribution in [2.75, 3.05) is 7.11 Å². The highest BCUT2D eigenvalue weighted by Gasteiger charge is 2.11. The van der Waals surface area contributed by atoms with Crippen molar-refractivity contribution < 1.29 is 28.2 Å². The van der Waals surface area contributed by atoms with Gasteiger partial charge >= 0.3 is 5.97 Å². The summed E-state index contributed by atoms with van der Waals surface area (Å²) in [4.78, 5) is 10.9. The molecule has 21 heavy (non-hydrogen) atoms. The van der Waals surface area contributed by atoms with E-state index in [-0.39, 0.29) is 17.9 Å². The van der Waals surface area contributed by atoms with Gasteiger partial charge in [-0.2, -0.15) is 0 Å². The van der Waals surface area contributed by atoms with Gasteiger partial charge in [0.05, 0.1) is 12.7 Å². The van der Waals surface area contributed by atoms with Crippen molar-refractivity contribution >= 4 is 5.97 Å². The maximum Gasteiger partial charge on any atom is 0.335 e. The largest absolute Gasteiger partial charge is 0.493 e. The van der Waals surface area contributed by atoms with E-state index in [1.54, 1.807) is 0 Å². The summed E-state index contributed by atoms with van der Waals surface area (Å²) in [5.41, 5.74) is 0.452. The van der Waals surface area contributed by atoms with E-state index in [1.807, 2.05) is 0 Å². The molecule has 0 spiro atoms. The van der Waals surface area contributed by atoms with Gasteiger partial charge in [0, 0.05) is 0 Å². The highest BCUT2D eigenvalue weighted by atomic mass is 19.2. The van der Waals surface area contributed by atoms with Crippen LogP contribution in [0.25, 0.3) is 0 Å². The van der Waals surface area contributed by atoms with Gasteiger partial charge in [0.2, 0.25) is 0 Å². The number of ether oxygens (including phenoxy) is 2. The molecule has 110 valence electrons. The smallest absolute Gasteiger partial charge is 0.335 e. The summed E-state index contributed by atoms with van der Waals surface area (Å²) in [5.74, 6) is -2.45. The molecule has 0 aromatic heterocycles. The Morgan fingerprint density at radius 1 is 1.10 bits per heavy atom. The molecule has 0 aliphatic carbocycles. The Bertz CT molecular complexity index is 671. The monoisotopic (exact) mass is 294 g/mol. The molecule has 0 saturated carbocycles. The van der Waals surface area contributed by atoms with Crippen LogP contribution in [-0.4, -0.2) is 18.2 Å². The van der Waals surface area contributed by atoms with Gasteiger partial charge in [-0.3, -0.25) is 0 Å². The first-order valence-electron chi connectivity index (χ1n) is 5.99. The standard InChI is InChI=1S/C15H12F2O4/c1-20-13-5-3-10(15(18)19)7-14(13)21-8-9-2-4-11(16)12(17)6-9/h2-7H,8H2,1H3,(H,18,19). The molecule has 2 aromatic rings. The van der Waals surface area contributed by atoms with Crippen molar-refractivity contribution in [3.63, 3.8) is 0 Å². The number of methoxy groups -OCH3 is 1. The lowest BCUT2D eigenvalue weighted by molar-refractivity contribution is 0.0696. The number of hydrogen-bond donors (Lipinski definition) is 1. The fourth-order valence-corrected chi connectivity index (χ4v) is 1.71. The molecule has 0 unspecified atom stereocenters. The third-order valence-electron chi connectivity index (χ3n) is 2.79. The van der Waals surface area contributed by atoms with Crippen molar-refractivity contribution in [1.29, 1.82) is 0 Å². The number of rotatable bonds is 5. The summed E-state index contributed by atoms with van der Waals surface area (Å²) in [6.45, 7) is -0.0450. The number of carboxylic acids is 1. The lowest BCUT2D eigenvalue weighted by atomic mass is 10.2.